The molecule has 2 heterocycles. The van der Waals surface area contributed by atoms with E-state index < -0.39 is 0 Å². The summed E-state index contributed by atoms with van der Waals surface area (Å²) in [4.78, 5) is 5.38. The van der Waals surface area contributed by atoms with Gasteiger partial charge in [0.1, 0.15) is 0 Å². The van der Waals surface area contributed by atoms with Crippen LogP contribution in [0.25, 0.3) is 0 Å². The molecule has 0 aromatic rings. The van der Waals surface area contributed by atoms with Gasteiger partial charge in [-0.25, -0.2) is 0 Å². The minimum atomic E-state index is 0.847. The Morgan fingerprint density at radius 2 is 1.72 bits per heavy atom. The van der Waals surface area contributed by atoms with Gasteiger partial charge in [0.25, 0.3) is 0 Å². The molecule has 2 fully saturated rings. The van der Waals surface area contributed by atoms with E-state index in [0.29, 0.717) is 0 Å². The third-order valence-corrected chi connectivity index (χ3v) is 5.65. The Balaban J connectivity index is 1.64. The van der Waals surface area contributed by atoms with Crippen LogP contribution in [0.4, 0.5) is 0 Å². The Morgan fingerprint density at radius 3 is 2.28 bits per heavy atom. The van der Waals surface area contributed by atoms with Crippen molar-refractivity contribution in [2.45, 2.75) is 39.0 Å². The zero-order valence-electron chi connectivity index (χ0n) is 11.9. The SMILES string of the molecule is CCC(CBr)CN1CCC(CN2CCCC2)CC1. The fourth-order valence-corrected chi connectivity index (χ4v) is 4.00. The van der Waals surface area contributed by atoms with Gasteiger partial charge in [0.2, 0.25) is 0 Å². The highest BCUT2D eigenvalue weighted by molar-refractivity contribution is 9.09. The summed E-state index contributed by atoms with van der Waals surface area (Å²) in [6.07, 6.45) is 7.02. The molecule has 106 valence electrons. The van der Waals surface area contributed by atoms with Crippen LogP contribution in [0.15, 0.2) is 0 Å². The molecule has 2 nitrogen and oxygen atoms in total. The molecule has 1 atom stereocenters. The first-order valence-electron chi connectivity index (χ1n) is 7.82. The largest absolute Gasteiger partial charge is 0.303 e. The van der Waals surface area contributed by atoms with Crippen LogP contribution in [0.5, 0.6) is 0 Å². The summed E-state index contributed by atoms with van der Waals surface area (Å²) in [6.45, 7) is 10.4. The van der Waals surface area contributed by atoms with Gasteiger partial charge in [0.15, 0.2) is 0 Å². The maximum atomic E-state index is 3.64. The summed E-state index contributed by atoms with van der Waals surface area (Å²) >= 11 is 3.64. The van der Waals surface area contributed by atoms with Crippen LogP contribution in [0, 0.1) is 11.8 Å². The summed E-state index contributed by atoms with van der Waals surface area (Å²) in [7, 11) is 0. The standard InChI is InChI=1S/C15H29BrN2/c1-2-14(11-16)12-18-9-5-15(6-10-18)13-17-7-3-4-8-17/h14-15H,2-13H2,1H3. The Bertz CT molecular complexity index is 205. The molecule has 2 aliphatic heterocycles. The number of hydrogen-bond acceptors (Lipinski definition) is 2. The van der Waals surface area contributed by atoms with Crippen LogP contribution < -0.4 is 0 Å². The first-order chi connectivity index (χ1) is 8.81. The number of likely N-dealkylation sites (tertiary alicyclic amines) is 2. The van der Waals surface area contributed by atoms with Gasteiger partial charge in [-0.2, -0.15) is 0 Å². The molecule has 0 saturated carbocycles. The first-order valence-corrected chi connectivity index (χ1v) is 8.94. The monoisotopic (exact) mass is 316 g/mol. The molecule has 2 saturated heterocycles. The number of hydrogen-bond donors (Lipinski definition) is 0. The topological polar surface area (TPSA) is 6.48 Å². The van der Waals surface area contributed by atoms with E-state index in [1.807, 2.05) is 0 Å². The zero-order chi connectivity index (χ0) is 12.8. The van der Waals surface area contributed by atoms with E-state index in [9.17, 15) is 0 Å². The van der Waals surface area contributed by atoms with Gasteiger partial charge in [-0.1, -0.05) is 29.3 Å². The van der Waals surface area contributed by atoms with Crippen molar-refractivity contribution in [3.8, 4) is 0 Å². The Morgan fingerprint density at radius 1 is 1.06 bits per heavy atom. The van der Waals surface area contributed by atoms with Gasteiger partial charge in [0, 0.05) is 18.4 Å². The minimum absolute atomic E-state index is 0.847. The molecule has 0 radical (unpaired) electrons. The molecule has 0 bridgehead atoms. The molecular weight excluding hydrogens is 288 g/mol. The van der Waals surface area contributed by atoms with Crippen LogP contribution in [0.3, 0.4) is 0 Å². The first kappa shape index (κ1) is 14.8. The Kier molecular flexibility index (Phi) is 6.46. The van der Waals surface area contributed by atoms with Crippen LogP contribution in [0.2, 0.25) is 0 Å². The van der Waals surface area contributed by atoms with Gasteiger partial charge >= 0.3 is 0 Å². The van der Waals surface area contributed by atoms with Gasteiger partial charge in [0.05, 0.1) is 0 Å². The van der Waals surface area contributed by atoms with Crippen molar-refractivity contribution < 1.29 is 0 Å². The van der Waals surface area contributed by atoms with Crippen LogP contribution >= 0.6 is 15.9 Å². The van der Waals surface area contributed by atoms with Crippen LogP contribution in [-0.4, -0.2) is 54.4 Å². The smallest absolute Gasteiger partial charge is 0.00717 e. The van der Waals surface area contributed by atoms with Crippen molar-refractivity contribution in [3.05, 3.63) is 0 Å². The third-order valence-electron chi connectivity index (χ3n) is 4.73. The molecule has 0 aromatic heterocycles. The zero-order valence-corrected chi connectivity index (χ0v) is 13.5. The van der Waals surface area contributed by atoms with Gasteiger partial charge in [-0.3, -0.25) is 0 Å². The molecule has 0 spiro atoms. The van der Waals surface area contributed by atoms with E-state index >= 15 is 0 Å². The lowest BCUT2D eigenvalue weighted by atomic mass is 9.95. The number of nitrogens with zero attached hydrogens (tertiary/aromatic N) is 2. The van der Waals surface area contributed by atoms with Crippen molar-refractivity contribution in [2.75, 3.05) is 44.6 Å². The van der Waals surface area contributed by atoms with Gasteiger partial charge in [-0.05, 0) is 63.7 Å². The average molecular weight is 317 g/mol. The van der Waals surface area contributed by atoms with Crippen LogP contribution in [0.1, 0.15) is 39.0 Å². The van der Waals surface area contributed by atoms with Crippen LogP contribution in [-0.2, 0) is 0 Å². The van der Waals surface area contributed by atoms with E-state index in [4.69, 9.17) is 0 Å². The van der Waals surface area contributed by atoms with Gasteiger partial charge < -0.3 is 9.80 Å². The fourth-order valence-electron chi connectivity index (χ4n) is 3.33. The number of piperidine rings is 1. The molecule has 18 heavy (non-hydrogen) atoms. The summed E-state index contributed by atoms with van der Waals surface area (Å²) < 4.78 is 0. The third kappa shape index (κ3) is 4.50. The van der Waals surface area contributed by atoms with E-state index in [1.165, 1.54) is 71.4 Å². The lowest BCUT2D eigenvalue weighted by Crippen LogP contribution is -2.40. The predicted molar refractivity (Wildman–Crippen MR) is 82.4 cm³/mol. The minimum Gasteiger partial charge on any atom is -0.303 e. The molecule has 2 rings (SSSR count). The summed E-state index contributed by atoms with van der Waals surface area (Å²) in [5.41, 5.74) is 0. The second kappa shape index (κ2) is 7.86. The quantitative estimate of drug-likeness (QED) is 0.694. The van der Waals surface area contributed by atoms with E-state index in [-0.39, 0.29) is 0 Å². The average Bonchev–Trinajstić information content (AvgIpc) is 2.91. The summed E-state index contributed by atoms with van der Waals surface area (Å²) in [5.74, 6) is 1.82. The molecule has 0 aliphatic carbocycles. The molecule has 0 amide bonds. The lowest BCUT2D eigenvalue weighted by molar-refractivity contribution is 0.140. The number of rotatable bonds is 6. The maximum absolute atomic E-state index is 3.64. The van der Waals surface area contributed by atoms with Crippen molar-refractivity contribution in [2.24, 2.45) is 11.8 Å². The summed E-state index contributed by atoms with van der Waals surface area (Å²) in [6, 6.07) is 0. The summed E-state index contributed by atoms with van der Waals surface area (Å²) in [5, 5.41) is 1.16. The Labute approximate surface area is 121 Å². The highest BCUT2D eigenvalue weighted by atomic mass is 79.9. The lowest BCUT2D eigenvalue weighted by Gasteiger charge is -2.35. The predicted octanol–water partition coefficient (Wildman–Crippen LogP) is 3.22. The van der Waals surface area contributed by atoms with Crippen molar-refractivity contribution in [1.82, 2.24) is 9.80 Å². The number of halogens is 1. The second-order valence-corrected chi connectivity index (χ2v) is 6.83. The molecular formula is C15H29BrN2. The number of alkyl halides is 1. The van der Waals surface area contributed by atoms with Gasteiger partial charge in [-0.15, -0.1) is 0 Å². The highest BCUT2D eigenvalue weighted by Gasteiger charge is 2.23. The van der Waals surface area contributed by atoms with Crippen molar-refractivity contribution in [1.29, 1.82) is 0 Å². The fraction of sp³-hybridized carbons (Fsp3) is 1.00. The van der Waals surface area contributed by atoms with E-state index in [1.54, 1.807) is 0 Å². The second-order valence-electron chi connectivity index (χ2n) is 6.18. The van der Waals surface area contributed by atoms with Crippen molar-refractivity contribution in [3.63, 3.8) is 0 Å². The molecule has 1 unspecified atom stereocenters. The Hall–Kier alpha value is 0.400. The normalized spacial score (nSPS) is 25.7. The molecule has 2 aliphatic rings. The van der Waals surface area contributed by atoms with Crippen molar-refractivity contribution >= 4 is 15.9 Å². The molecule has 3 heteroatoms. The highest BCUT2D eigenvalue weighted by Crippen LogP contribution is 2.22. The molecule has 0 N–H and O–H groups in total. The van der Waals surface area contributed by atoms with E-state index in [0.717, 1.165) is 17.2 Å². The maximum Gasteiger partial charge on any atom is 0.00717 e. The van der Waals surface area contributed by atoms with E-state index in [2.05, 4.69) is 32.7 Å². The molecule has 0 aromatic carbocycles.